The van der Waals surface area contributed by atoms with Crippen LogP contribution in [0.2, 0.25) is 5.02 Å². The second kappa shape index (κ2) is 11.6. The molecule has 0 aliphatic carbocycles. The summed E-state index contributed by atoms with van der Waals surface area (Å²) in [5, 5.41) is 6.15. The van der Waals surface area contributed by atoms with E-state index in [0.717, 1.165) is 43.1 Å². The van der Waals surface area contributed by atoms with Gasteiger partial charge in [0.05, 0.1) is 6.54 Å². The average Bonchev–Trinajstić information content (AvgIpc) is 2.78. The molecule has 2 amide bonds. The van der Waals surface area contributed by atoms with Gasteiger partial charge in [-0.05, 0) is 55.1 Å². The van der Waals surface area contributed by atoms with E-state index in [2.05, 4.69) is 27.7 Å². The molecule has 3 rings (SSSR count). The fraction of sp³-hybridized carbons (Fsp3) is 0.391. The first-order valence-corrected chi connectivity index (χ1v) is 10.6. The Hall–Kier alpha value is -2.57. The lowest BCUT2D eigenvalue weighted by atomic mass is 9.96. The number of hydrogen-bond acceptors (Lipinski definition) is 4. The summed E-state index contributed by atoms with van der Waals surface area (Å²) in [5.41, 5.74) is 2.16. The number of ether oxygens (including phenoxy) is 1. The number of halogens is 1. The third-order valence-electron chi connectivity index (χ3n) is 5.22. The molecule has 0 bridgehead atoms. The Balaban J connectivity index is 1.26. The molecular formula is C23H28ClN3O3. The molecule has 6 nitrogen and oxygen atoms in total. The van der Waals surface area contributed by atoms with E-state index in [1.165, 1.54) is 5.56 Å². The summed E-state index contributed by atoms with van der Waals surface area (Å²) < 4.78 is 5.10. The molecule has 0 aromatic heterocycles. The lowest BCUT2D eigenvalue weighted by Crippen LogP contribution is -2.41. The fourth-order valence-electron chi connectivity index (χ4n) is 3.44. The minimum atomic E-state index is -0.593. The summed E-state index contributed by atoms with van der Waals surface area (Å²) in [6.45, 7) is 3.67. The predicted molar refractivity (Wildman–Crippen MR) is 117 cm³/mol. The molecule has 1 aliphatic rings. The van der Waals surface area contributed by atoms with E-state index in [4.69, 9.17) is 16.3 Å². The number of benzene rings is 2. The molecule has 2 aromatic rings. The smallest absolute Gasteiger partial charge is 0.407 e. The molecule has 7 heteroatoms. The highest BCUT2D eigenvalue weighted by Crippen LogP contribution is 2.19. The number of hydrogen-bond donors (Lipinski definition) is 2. The molecule has 1 fully saturated rings. The summed E-state index contributed by atoms with van der Waals surface area (Å²) in [6, 6.07) is 17.4. The maximum Gasteiger partial charge on any atom is 0.407 e. The zero-order valence-electron chi connectivity index (χ0n) is 17.0. The van der Waals surface area contributed by atoms with E-state index in [0.29, 0.717) is 12.5 Å². The highest BCUT2D eigenvalue weighted by Gasteiger charge is 2.20. The molecule has 0 atom stereocenters. The zero-order valence-corrected chi connectivity index (χ0v) is 17.7. The van der Waals surface area contributed by atoms with Gasteiger partial charge in [0.15, 0.2) is 0 Å². The molecule has 1 saturated heterocycles. The second-order valence-electron chi connectivity index (χ2n) is 7.57. The third-order valence-corrected chi connectivity index (χ3v) is 5.47. The van der Waals surface area contributed by atoms with Gasteiger partial charge in [-0.15, -0.1) is 0 Å². The minimum absolute atomic E-state index is 0.0803. The van der Waals surface area contributed by atoms with Gasteiger partial charge in [-0.25, -0.2) is 4.79 Å². The van der Waals surface area contributed by atoms with Crippen LogP contribution in [-0.4, -0.2) is 43.1 Å². The number of amides is 2. The van der Waals surface area contributed by atoms with Crippen molar-refractivity contribution >= 4 is 23.6 Å². The monoisotopic (exact) mass is 429 g/mol. The predicted octanol–water partition coefficient (Wildman–Crippen LogP) is 3.59. The van der Waals surface area contributed by atoms with Crippen LogP contribution in [0.3, 0.4) is 0 Å². The Labute approximate surface area is 182 Å². The Morgan fingerprint density at radius 3 is 2.37 bits per heavy atom. The molecule has 0 spiro atoms. The summed E-state index contributed by atoms with van der Waals surface area (Å²) in [7, 11) is 0. The van der Waals surface area contributed by atoms with Crippen LogP contribution in [0.25, 0.3) is 0 Å². The summed E-state index contributed by atoms with van der Waals surface area (Å²) >= 11 is 5.94. The molecule has 1 aliphatic heterocycles. The summed E-state index contributed by atoms with van der Waals surface area (Å²) in [6.07, 6.45) is 1.49. The van der Waals surface area contributed by atoms with Crippen molar-refractivity contribution in [1.29, 1.82) is 0 Å². The Morgan fingerprint density at radius 2 is 1.67 bits per heavy atom. The van der Waals surface area contributed by atoms with Crippen molar-refractivity contribution in [3.05, 3.63) is 70.7 Å². The quantitative estimate of drug-likeness (QED) is 0.672. The summed E-state index contributed by atoms with van der Waals surface area (Å²) in [5.74, 6) is 0.260. The van der Waals surface area contributed by atoms with E-state index in [-0.39, 0.29) is 19.1 Å². The van der Waals surface area contributed by atoms with Gasteiger partial charge >= 0.3 is 6.09 Å². The topological polar surface area (TPSA) is 70.7 Å². The van der Waals surface area contributed by atoms with Gasteiger partial charge in [0, 0.05) is 18.1 Å². The molecule has 0 unspecified atom stereocenters. The van der Waals surface area contributed by atoms with Crippen molar-refractivity contribution in [2.75, 3.05) is 26.2 Å². The van der Waals surface area contributed by atoms with E-state index in [1.807, 2.05) is 42.5 Å². The second-order valence-corrected chi connectivity index (χ2v) is 8.00. The fourth-order valence-corrected chi connectivity index (χ4v) is 3.57. The van der Waals surface area contributed by atoms with Crippen LogP contribution in [0.4, 0.5) is 4.79 Å². The van der Waals surface area contributed by atoms with Crippen LogP contribution in [0, 0.1) is 5.92 Å². The molecule has 0 radical (unpaired) electrons. The van der Waals surface area contributed by atoms with Crippen molar-refractivity contribution in [1.82, 2.24) is 15.5 Å². The lowest BCUT2D eigenvalue weighted by molar-refractivity contribution is -0.120. The van der Waals surface area contributed by atoms with Gasteiger partial charge in [-0.1, -0.05) is 54.1 Å². The van der Waals surface area contributed by atoms with Crippen molar-refractivity contribution in [2.24, 2.45) is 5.92 Å². The third kappa shape index (κ3) is 7.69. The maximum absolute atomic E-state index is 12.0. The van der Waals surface area contributed by atoms with Gasteiger partial charge in [0.2, 0.25) is 5.91 Å². The number of carbonyl (C=O) groups is 2. The van der Waals surface area contributed by atoms with Crippen LogP contribution in [0.1, 0.15) is 24.0 Å². The largest absolute Gasteiger partial charge is 0.445 e. The van der Waals surface area contributed by atoms with Gasteiger partial charge in [0.1, 0.15) is 6.61 Å². The number of carbonyl (C=O) groups excluding carboxylic acids is 2. The number of piperidine rings is 1. The molecule has 1 heterocycles. The first-order valence-electron chi connectivity index (χ1n) is 10.3. The van der Waals surface area contributed by atoms with E-state index >= 15 is 0 Å². The Kier molecular flexibility index (Phi) is 8.53. The van der Waals surface area contributed by atoms with E-state index in [1.54, 1.807) is 0 Å². The molecule has 160 valence electrons. The highest BCUT2D eigenvalue weighted by molar-refractivity contribution is 6.30. The van der Waals surface area contributed by atoms with Gasteiger partial charge in [-0.2, -0.15) is 0 Å². The number of rotatable bonds is 8. The SMILES string of the molecule is O=C(CNC(=O)OCc1ccccc1)NCC1CCN(Cc2ccc(Cl)cc2)CC1. The van der Waals surface area contributed by atoms with Crippen LogP contribution in [0.5, 0.6) is 0 Å². The average molecular weight is 430 g/mol. The van der Waals surface area contributed by atoms with Gasteiger partial charge < -0.3 is 15.4 Å². The normalized spacial score (nSPS) is 14.8. The Morgan fingerprint density at radius 1 is 0.967 bits per heavy atom. The van der Waals surface area contributed by atoms with Crippen LogP contribution < -0.4 is 10.6 Å². The zero-order chi connectivity index (χ0) is 21.2. The van der Waals surface area contributed by atoms with E-state index < -0.39 is 6.09 Å². The lowest BCUT2D eigenvalue weighted by Gasteiger charge is -2.32. The first-order chi connectivity index (χ1) is 14.6. The first kappa shape index (κ1) is 22.1. The van der Waals surface area contributed by atoms with Crippen molar-refractivity contribution in [3.63, 3.8) is 0 Å². The van der Waals surface area contributed by atoms with Crippen LogP contribution in [-0.2, 0) is 22.7 Å². The number of nitrogens with zero attached hydrogens (tertiary/aromatic N) is 1. The number of nitrogens with one attached hydrogen (secondary N) is 2. The molecule has 0 saturated carbocycles. The molecule has 30 heavy (non-hydrogen) atoms. The molecule has 2 aromatic carbocycles. The standard InChI is InChI=1S/C23H28ClN3O3/c24-21-8-6-19(7-9-21)16-27-12-10-18(11-13-27)14-25-22(28)15-26-23(29)30-17-20-4-2-1-3-5-20/h1-9,18H,10-17H2,(H,25,28)(H,26,29). The van der Waals surface area contributed by atoms with Crippen molar-refractivity contribution < 1.29 is 14.3 Å². The maximum atomic E-state index is 12.0. The van der Waals surface area contributed by atoms with Gasteiger partial charge in [-0.3, -0.25) is 9.69 Å². The summed E-state index contributed by atoms with van der Waals surface area (Å²) in [4.78, 5) is 26.1. The van der Waals surface area contributed by atoms with Crippen molar-refractivity contribution in [3.8, 4) is 0 Å². The minimum Gasteiger partial charge on any atom is -0.445 e. The molecule has 2 N–H and O–H groups in total. The molecular weight excluding hydrogens is 402 g/mol. The van der Waals surface area contributed by atoms with Crippen LogP contribution in [0.15, 0.2) is 54.6 Å². The van der Waals surface area contributed by atoms with Crippen molar-refractivity contribution in [2.45, 2.75) is 26.0 Å². The number of alkyl carbamates (subject to hydrolysis) is 1. The van der Waals surface area contributed by atoms with E-state index in [9.17, 15) is 9.59 Å². The highest BCUT2D eigenvalue weighted by atomic mass is 35.5. The van der Waals surface area contributed by atoms with Gasteiger partial charge in [0.25, 0.3) is 0 Å². The van der Waals surface area contributed by atoms with Crippen LogP contribution >= 0.6 is 11.6 Å². The Bertz CT molecular complexity index is 806. The number of likely N-dealkylation sites (tertiary alicyclic amines) is 1.